The van der Waals surface area contributed by atoms with Crippen molar-refractivity contribution in [3.05, 3.63) is 59.7 Å². The minimum Gasteiger partial charge on any atom is -0.480 e. The molecule has 0 spiro atoms. The summed E-state index contributed by atoms with van der Waals surface area (Å²) in [5.41, 5.74) is 1.95. The third kappa shape index (κ3) is 17.9. The molecule has 1 aliphatic heterocycles. The van der Waals surface area contributed by atoms with Crippen LogP contribution in [0.3, 0.4) is 0 Å². The van der Waals surface area contributed by atoms with E-state index in [1.54, 1.807) is 53.7 Å². The van der Waals surface area contributed by atoms with Gasteiger partial charge in [0.2, 0.25) is 17.7 Å². The number of likely N-dealkylation sites (tertiary alicyclic amines) is 1. The van der Waals surface area contributed by atoms with Crippen LogP contribution < -0.4 is 26.6 Å². The lowest BCUT2D eigenvalue weighted by molar-refractivity contribution is -0.143. The lowest BCUT2D eigenvalue weighted by atomic mass is 10.0. The predicted octanol–water partition coefficient (Wildman–Crippen LogP) is 6.10. The Labute approximate surface area is 372 Å². The van der Waals surface area contributed by atoms with Gasteiger partial charge < -0.3 is 46.1 Å². The van der Waals surface area contributed by atoms with Gasteiger partial charge in [-0.3, -0.25) is 19.2 Å². The topological polar surface area (TPSA) is 222 Å². The van der Waals surface area contributed by atoms with Crippen molar-refractivity contribution in [1.29, 1.82) is 0 Å². The van der Waals surface area contributed by atoms with Gasteiger partial charge in [-0.2, -0.15) is 0 Å². The number of hydrogen-bond acceptors (Lipinski definition) is 9. The van der Waals surface area contributed by atoms with Crippen molar-refractivity contribution in [1.82, 2.24) is 31.5 Å². The normalized spacial score (nSPS) is 16.6. The van der Waals surface area contributed by atoms with Gasteiger partial charge in [-0.25, -0.2) is 14.4 Å². The number of amides is 6. The number of unbranched alkanes of at least 4 members (excludes halogenated alkanes) is 2. The summed E-state index contributed by atoms with van der Waals surface area (Å²) >= 11 is 0. The highest BCUT2D eigenvalue weighted by molar-refractivity contribution is 5.99. The summed E-state index contributed by atoms with van der Waals surface area (Å²) in [6.45, 7) is 17.7. The molecule has 2 aromatic rings. The number of nitrogens with zero attached hydrogens (tertiary/aromatic N) is 1. The molecule has 0 aromatic heterocycles. The van der Waals surface area contributed by atoms with E-state index in [-0.39, 0.29) is 38.3 Å². The zero-order valence-electron chi connectivity index (χ0n) is 38.7. The van der Waals surface area contributed by atoms with Gasteiger partial charge in [-0.05, 0) is 128 Å². The van der Waals surface area contributed by atoms with E-state index in [0.29, 0.717) is 18.4 Å². The third-order valence-corrected chi connectivity index (χ3v) is 10.1. The Balaban J connectivity index is 1.87. The lowest BCUT2D eigenvalue weighted by Crippen LogP contribution is -2.56. The van der Waals surface area contributed by atoms with Crippen molar-refractivity contribution >= 4 is 41.8 Å². The number of aryl methyl sites for hydroxylation is 1. The molecule has 1 fully saturated rings. The predicted molar refractivity (Wildman–Crippen MR) is 240 cm³/mol. The molecule has 1 saturated heterocycles. The zero-order chi connectivity index (χ0) is 47.1. The summed E-state index contributed by atoms with van der Waals surface area (Å²) < 4.78 is 10.8. The smallest absolute Gasteiger partial charge is 0.407 e. The Morgan fingerprint density at radius 2 is 1.35 bits per heavy atom. The molecule has 16 heteroatoms. The van der Waals surface area contributed by atoms with Gasteiger partial charge in [0.1, 0.15) is 35.4 Å². The van der Waals surface area contributed by atoms with Crippen LogP contribution in [0.5, 0.6) is 0 Å². The van der Waals surface area contributed by atoms with E-state index in [9.17, 15) is 38.7 Å². The fraction of sp³-hybridized carbons (Fsp3) is 0.596. The fourth-order valence-electron chi connectivity index (χ4n) is 7.01. The van der Waals surface area contributed by atoms with Crippen molar-refractivity contribution in [2.24, 2.45) is 5.92 Å². The number of carbonyl (C=O) groups excluding carboxylic acids is 6. The second-order valence-corrected chi connectivity index (χ2v) is 18.7. The molecule has 0 aliphatic carbocycles. The van der Waals surface area contributed by atoms with E-state index < -0.39 is 83.2 Å². The van der Waals surface area contributed by atoms with Crippen LogP contribution in [0.4, 0.5) is 9.59 Å². The minimum absolute atomic E-state index is 0.0316. The maximum absolute atomic E-state index is 14.6. The first-order chi connectivity index (χ1) is 29.5. The Morgan fingerprint density at radius 1 is 0.762 bits per heavy atom. The maximum Gasteiger partial charge on any atom is 0.407 e. The lowest BCUT2D eigenvalue weighted by Gasteiger charge is -2.29. The molecule has 0 bridgehead atoms. The third-order valence-electron chi connectivity index (χ3n) is 10.1. The first-order valence-corrected chi connectivity index (χ1v) is 22.1. The highest BCUT2D eigenvalue weighted by Crippen LogP contribution is 2.24. The monoisotopic (exact) mass is 879 g/mol. The molecule has 0 saturated carbocycles. The van der Waals surface area contributed by atoms with Crippen molar-refractivity contribution in [3.63, 3.8) is 0 Å². The molecule has 6 amide bonds. The van der Waals surface area contributed by atoms with E-state index in [1.807, 2.05) is 38.1 Å². The van der Waals surface area contributed by atoms with E-state index in [1.165, 1.54) is 17.4 Å². The number of ether oxygens (including phenoxy) is 2. The van der Waals surface area contributed by atoms with Crippen LogP contribution >= 0.6 is 0 Å². The van der Waals surface area contributed by atoms with Crippen LogP contribution in [-0.2, 0) is 35.1 Å². The number of rotatable bonds is 20. The van der Waals surface area contributed by atoms with Gasteiger partial charge in [0.15, 0.2) is 0 Å². The number of hydrogen-bond donors (Lipinski definition) is 6. The molecule has 16 nitrogen and oxygen atoms in total. The summed E-state index contributed by atoms with van der Waals surface area (Å²) in [5, 5.41) is 23.1. The average molecular weight is 879 g/mol. The van der Waals surface area contributed by atoms with Crippen LogP contribution in [-0.4, -0.2) is 106 Å². The molecule has 2 aromatic carbocycles. The van der Waals surface area contributed by atoms with Gasteiger partial charge in [-0.1, -0.05) is 63.6 Å². The molecule has 63 heavy (non-hydrogen) atoms. The van der Waals surface area contributed by atoms with Gasteiger partial charge in [0.25, 0.3) is 5.91 Å². The number of aliphatic carboxylic acids is 1. The Kier molecular flexibility index (Phi) is 19.4. The molecule has 6 N–H and O–H groups in total. The molecule has 1 heterocycles. The number of alkyl carbamates (subject to hydrolysis) is 2. The van der Waals surface area contributed by atoms with Gasteiger partial charge in [-0.15, -0.1) is 0 Å². The Bertz CT molecular complexity index is 1870. The standard InChI is InChI=1S/C47H70N6O10/c1-11-12-15-31-17-19-32(20-18-31)33-21-23-34(24-22-33)40(55)51-36(16-13-14-25-48-44(60)62-46(5,6)7)42(57)53-28-35(50-45(61)63-47(8,9)10)27-38(53)41(56)49-30(4)39(54)52-37(43(58)59)26-29(2)3/h17-24,29-30,35-38H,11-16,25-28H2,1-10H3,(H,48,60)(H,49,56)(H,50,61)(H,51,55)(H,52,54)(H,58,59)/t30-,35+,36-,37-,38-/m0/s1. The number of nitrogens with one attached hydrogen (secondary N) is 5. The number of carbonyl (C=O) groups is 7. The Hall–Kier alpha value is -5.67. The van der Waals surface area contributed by atoms with Crippen LogP contribution in [0, 0.1) is 5.92 Å². The highest BCUT2D eigenvalue weighted by Gasteiger charge is 2.43. The van der Waals surface area contributed by atoms with Crippen LogP contribution in [0.1, 0.15) is 130 Å². The first-order valence-electron chi connectivity index (χ1n) is 22.1. The number of benzene rings is 2. The summed E-state index contributed by atoms with van der Waals surface area (Å²) in [7, 11) is 0. The summed E-state index contributed by atoms with van der Waals surface area (Å²) in [4.78, 5) is 93.9. The molecule has 5 atom stereocenters. The maximum atomic E-state index is 14.6. The van der Waals surface area contributed by atoms with Gasteiger partial charge >= 0.3 is 18.2 Å². The summed E-state index contributed by atoms with van der Waals surface area (Å²) in [6, 6.07) is 9.89. The van der Waals surface area contributed by atoms with Crippen molar-refractivity contribution in [2.75, 3.05) is 13.1 Å². The van der Waals surface area contributed by atoms with Crippen molar-refractivity contribution in [3.8, 4) is 11.1 Å². The van der Waals surface area contributed by atoms with Gasteiger partial charge in [0.05, 0.1) is 6.04 Å². The second kappa shape index (κ2) is 23.7. The molecule has 0 radical (unpaired) electrons. The van der Waals surface area contributed by atoms with Crippen LogP contribution in [0.2, 0.25) is 0 Å². The minimum atomic E-state index is -1.21. The highest BCUT2D eigenvalue weighted by atomic mass is 16.6. The Morgan fingerprint density at radius 3 is 1.90 bits per heavy atom. The van der Waals surface area contributed by atoms with Crippen molar-refractivity contribution < 1.29 is 48.1 Å². The van der Waals surface area contributed by atoms with E-state index in [4.69, 9.17) is 9.47 Å². The van der Waals surface area contributed by atoms with E-state index >= 15 is 0 Å². The summed E-state index contributed by atoms with van der Waals surface area (Å²) in [5.74, 6) is -3.80. The van der Waals surface area contributed by atoms with Crippen LogP contribution in [0.15, 0.2) is 48.5 Å². The molecule has 0 unspecified atom stereocenters. The summed E-state index contributed by atoms with van der Waals surface area (Å²) in [6.07, 6.45) is 2.94. The number of carboxylic acids is 1. The average Bonchev–Trinajstić information content (AvgIpc) is 3.61. The van der Waals surface area contributed by atoms with E-state index in [2.05, 4.69) is 45.6 Å². The molecule has 1 aliphatic rings. The first kappa shape index (κ1) is 51.7. The zero-order valence-corrected chi connectivity index (χ0v) is 38.7. The van der Waals surface area contributed by atoms with Gasteiger partial charge in [0, 0.05) is 18.7 Å². The molecule has 3 rings (SSSR count). The quantitative estimate of drug-likeness (QED) is 0.0839. The molecular weight excluding hydrogens is 809 g/mol. The molecule has 348 valence electrons. The van der Waals surface area contributed by atoms with Crippen LogP contribution in [0.25, 0.3) is 11.1 Å². The fourth-order valence-corrected chi connectivity index (χ4v) is 7.01. The SMILES string of the molecule is CCCCc1ccc(-c2ccc(C(=O)N[C@@H](CCCCNC(=O)OC(C)(C)C)C(=O)N3C[C@H](NC(=O)OC(C)(C)C)C[C@H]3C(=O)N[C@@H](C)C(=O)N[C@@H](CC(C)C)C(=O)O)cc2)cc1. The molecular formula is C47H70N6O10. The van der Waals surface area contributed by atoms with E-state index in [0.717, 1.165) is 30.4 Å². The number of carboxylic acid groups (broad SMARTS) is 1. The second-order valence-electron chi connectivity index (χ2n) is 18.7. The van der Waals surface area contributed by atoms with Crippen molar-refractivity contribution in [2.45, 2.75) is 162 Å². The largest absolute Gasteiger partial charge is 0.480 e.